The predicted octanol–water partition coefficient (Wildman–Crippen LogP) is 4.41. The summed E-state index contributed by atoms with van der Waals surface area (Å²) in [5.74, 6) is -1.64. The third kappa shape index (κ3) is 4.02. The van der Waals surface area contributed by atoms with Crippen LogP contribution in [0.25, 0.3) is 10.8 Å². The lowest BCUT2D eigenvalue weighted by molar-refractivity contribution is -0.143. The van der Waals surface area contributed by atoms with Crippen molar-refractivity contribution in [3.05, 3.63) is 77.9 Å². The molecule has 0 aromatic heterocycles. The Hall–Kier alpha value is -3.65. The molecule has 0 heterocycles. The molecule has 0 bridgehead atoms. The summed E-state index contributed by atoms with van der Waals surface area (Å²) in [6.07, 6.45) is 1.30. The van der Waals surface area contributed by atoms with Crippen LogP contribution in [0.5, 0.6) is 5.75 Å². The summed E-state index contributed by atoms with van der Waals surface area (Å²) in [5.41, 5.74) is 1.46. The van der Waals surface area contributed by atoms with Gasteiger partial charge < -0.3 is 9.84 Å². The normalized spacial score (nSPS) is 13.1. The molecule has 0 fully saturated rings. The summed E-state index contributed by atoms with van der Waals surface area (Å²) in [4.78, 5) is 16.5. The molecule has 1 N–H and O–H groups in total. The zero-order valence-corrected chi connectivity index (χ0v) is 15.4. The number of hydrogen-bond acceptors (Lipinski definition) is 5. The number of nitrogens with zero attached hydrogens (tertiary/aromatic N) is 2. The molecule has 3 aromatic rings. The van der Waals surface area contributed by atoms with Crippen molar-refractivity contribution < 1.29 is 14.6 Å². The molecular formula is C23H20N2O3. The van der Waals surface area contributed by atoms with Crippen molar-refractivity contribution in [2.24, 2.45) is 10.9 Å². The van der Waals surface area contributed by atoms with Crippen LogP contribution in [0.3, 0.4) is 0 Å². The maximum Gasteiger partial charge on any atom is 0.328 e. The van der Waals surface area contributed by atoms with Gasteiger partial charge in [0.15, 0.2) is 5.92 Å². The number of esters is 1. The van der Waals surface area contributed by atoms with Gasteiger partial charge in [0.1, 0.15) is 11.8 Å². The topological polar surface area (TPSA) is 82.7 Å². The summed E-state index contributed by atoms with van der Waals surface area (Å²) in [6, 6.07) is 22.0. The molecule has 2 atom stereocenters. The number of carbonyl (C=O) groups is 1. The fourth-order valence-corrected chi connectivity index (χ4v) is 3.09. The quantitative estimate of drug-likeness (QED) is 0.513. The number of ether oxygens (including phenoxy) is 1. The molecule has 0 amide bonds. The number of rotatable bonds is 6. The molecule has 0 saturated heterocycles. The van der Waals surface area contributed by atoms with Gasteiger partial charge >= 0.3 is 5.97 Å². The van der Waals surface area contributed by atoms with Crippen molar-refractivity contribution in [2.45, 2.75) is 13.0 Å². The second kappa shape index (κ2) is 8.83. The smallest absolute Gasteiger partial charge is 0.328 e. The van der Waals surface area contributed by atoms with Gasteiger partial charge in [-0.1, -0.05) is 60.7 Å². The average molecular weight is 372 g/mol. The van der Waals surface area contributed by atoms with E-state index in [0.717, 1.165) is 16.3 Å². The van der Waals surface area contributed by atoms with Gasteiger partial charge in [0, 0.05) is 11.8 Å². The molecule has 140 valence electrons. The molecule has 3 aromatic carbocycles. The van der Waals surface area contributed by atoms with E-state index in [0.29, 0.717) is 5.56 Å². The second-order valence-electron chi connectivity index (χ2n) is 6.19. The van der Waals surface area contributed by atoms with Gasteiger partial charge in [-0.15, -0.1) is 0 Å². The number of aromatic hydroxyl groups is 1. The Morgan fingerprint density at radius 3 is 2.57 bits per heavy atom. The summed E-state index contributed by atoms with van der Waals surface area (Å²) < 4.78 is 4.93. The van der Waals surface area contributed by atoms with Gasteiger partial charge in [0.05, 0.1) is 12.7 Å². The second-order valence-corrected chi connectivity index (χ2v) is 6.19. The largest absolute Gasteiger partial charge is 0.508 e. The van der Waals surface area contributed by atoms with Crippen molar-refractivity contribution in [1.82, 2.24) is 0 Å². The van der Waals surface area contributed by atoms with Gasteiger partial charge in [-0.3, -0.25) is 9.79 Å². The number of fused-ring (bicyclic) bond motifs is 1. The Kier molecular flexibility index (Phi) is 6.03. The lowest BCUT2D eigenvalue weighted by atomic mass is 9.93. The Labute approximate surface area is 163 Å². The van der Waals surface area contributed by atoms with E-state index in [9.17, 15) is 15.2 Å². The predicted molar refractivity (Wildman–Crippen MR) is 108 cm³/mol. The third-order valence-electron chi connectivity index (χ3n) is 4.40. The molecule has 28 heavy (non-hydrogen) atoms. The number of benzene rings is 3. The maximum atomic E-state index is 12.0. The van der Waals surface area contributed by atoms with Gasteiger partial charge in [0.2, 0.25) is 0 Å². The van der Waals surface area contributed by atoms with E-state index in [1.54, 1.807) is 13.0 Å². The van der Waals surface area contributed by atoms with Gasteiger partial charge in [0.25, 0.3) is 0 Å². The van der Waals surface area contributed by atoms with Crippen LogP contribution in [0.2, 0.25) is 0 Å². The molecule has 0 radical (unpaired) electrons. The average Bonchev–Trinajstić information content (AvgIpc) is 2.73. The van der Waals surface area contributed by atoms with Crippen LogP contribution in [0, 0.1) is 17.2 Å². The maximum absolute atomic E-state index is 12.0. The Morgan fingerprint density at radius 2 is 1.86 bits per heavy atom. The van der Waals surface area contributed by atoms with Crippen LogP contribution in [-0.4, -0.2) is 23.9 Å². The van der Waals surface area contributed by atoms with E-state index in [-0.39, 0.29) is 12.4 Å². The molecule has 0 aliphatic heterocycles. The van der Waals surface area contributed by atoms with Crippen LogP contribution >= 0.6 is 0 Å². The van der Waals surface area contributed by atoms with Gasteiger partial charge in [-0.2, -0.15) is 5.26 Å². The van der Waals surface area contributed by atoms with Crippen molar-refractivity contribution in [3.63, 3.8) is 0 Å². The number of aliphatic imine (C=N–C) groups is 1. The highest BCUT2D eigenvalue weighted by atomic mass is 16.5. The van der Waals surface area contributed by atoms with E-state index >= 15 is 0 Å². The molecule has 0 spiro atoms. The summed E-state index contributed by atoms with van der Waals surface area (Å²) in [5, 5.41) is 21.8. The lowest BCUT2D eigenvalue weighted by Gasteiger charge is -2.18. The summed E-state index contributed by atoms with van der Waals surface area (Å²) in [7, 11) is 0. The first-order chi connectivity index (χ1) is 13.7. The van der Waals surface area contributed by atoms with Crippen LogP contribution < -0.4 is 0 Å². The van der Waals surface area contributed by atoms with Crippen molar-refractivity contribution in [1.29, 1.82) is 5.26 Å². The van der Waals surface area contributed by atoms with Crippen LogP contribution in [0.15, 0.2) is 71.7 Å². The van der Waals surface area contributed by atoms with Crippen molar-refractivity contribution in [2.75, 3.05) is 6.61 Å². The van der Waals surface area contributed by atoms with Crippen LogP contribution in [-0.2, 0) is 9.53 Å². The van der Waals surface area contributed by atoms with E-state index < -0.39 is 17.9 Å². The summed E-state index contributed by atoms with van der Waals surface area (Å²) >= 11 is 0. The third-order valence-corrected chi connectivity index (χ3v) is 4.40. The molecule has 0 aliphatic rings. The highest BCUT2D eigenvalue weighted by Gasteiger charge is 2.22. The van der Waals surface area contributed by atoms with Gasteiger partial charge in [-0.25, -0.2) is 0 Å². The molecule has 0 unspecified atom stereocenters. The van der Waals surface area contributed by atoms with Crippen LogP contribution in [0.1, 0.15) is 24.1 Å². The van der Waals surface area contributed by atoms with Crippen molar-refractivity contribution >= 4 is 23.0 Å². The zero-order chi connectivity index (χ0) is 19.9. The van der Waals surface area contributed by atoms with E-state index in [1.165, 1.54) is 6.21 Å². The molecule has 3 rings (SSSR count). The monoisotopic (exact) mass is 372 g/mol. The van der Waals surface area contributed by atoms with Crippen molar-refractivity contribution in [3.8, 4) is 11.8 Å². The minimum atomic E-state index is -1.11. The number of carbonyl (C=O) groups excluding carboxylic acids is 1. The SMILES string of the molecule is CCOC(=O)[C@@H](C#N)C=N[C@@H](c1ccccc1)c1c(O)ccc2ccccc12. The molecule has 0 aliphatic carbocycles. The highest BCUT2D eigenvalue weighted by Crippen LogP contribution is 2.37. The number of phenolic OH excluding ortho intramolecular Hbond substituents is 1. The lowest BCUT2D eigenvalue weighted by Crippen LogP contribution is -2.18. The van der Waals surface area contributed by atoms with Gasteiger partial charge in [-0.05, 0) is 29.3 Å². The minimum Gasteiger partial charge on any atom is -0.508 e. The zero-order valence-electron chi connectivity index (χ0n) is 15.4. The van der Waals surface area contributed by atoms with E-state index in [4.69, 9.17) is 4.74 Å². The molecule has 0 saturated carbocycles. The first-order valence-electron chi connectivity index (χ1n) is 9.00. The standard InChI is InChI=1S/C23H20N2O3/c1-2-28-23(27)18(14-24)15-25-22(17-9-4-3-5-10-17)21-19-11-7-6-8-16(19)12-13-20(21)26/h3-13,15,18,22,26H,2H2,1H3/t18-,22-/m0/s1. The van der Waals surface area contributed by atoms with E-state index in [1.807, 2.05) is 66.7 Å². The highest BCUT2D eigenvalue weighted by molar-refractivity contribution is 5.93. The molecule has 5 heteroatoms. The number of hydrogen-bond donors (Lipinski definition) is 1. The number of phenols is 1. The fourth-order valence-electron chi connectivity index (χ4n) is 3.09. The Bertz CT molecular complexity index is 1040. The van der Waals surface area contributed by atoms with E-state index in [2.05, 4.69) is 4.99 Å². The first-order valence-corrected chi connectivity index (χ1v) is 9.00. The fraction of sp³-hybridized carbons (Fsp3) is 0.174. The summed E-state index contributed by atoms with van der Waals surface area (Å²) in [6.45, 7) is 1.88. The Morgan fingerprint density at radius 1 is 1.14 bits per heavy atom. The Balaban J connectivity index is 2.12. The molecular weight excluding hydrogens is 352 g/mol. The first kappa shape index (κ1) is 19.1. The van der Waals surface area contributed by atoms with Crippen LogP contribution in [0.4, 0.5) is 0 Å². The molecule has 5 nitrogen and oxygen atoms in total. The minimum absolute atomic E-state index is 0.106. The number of nitriles is 1.